The van der Waals surface area contributed by atoms with Crippen LogP contribution in [-0.4, -0.2) is 12.5 Å². The van der Waals surface area contributed by atoms with Crippen molar-refractivity contribution in [3.63, 3.8) is 0 Å². The molecule has 0 spiro atoms. The summed E-state index contributed by atoms with van der Waals surface area (Å²) in [5.74, 6) is -0.114. The zero-order valence-electron chi connectivity index (χ0n) is 11.6. The highest BCUT2D eigenvalue weighted by Gasteiger charge is 2.39. The molecule has 0 heterocycles. The van der Waals surface area contributed by atoms with Crippen LogP contribution in [0.1, 0.15) is 37.7 Å². The Hall–Kier alpha value is -2.08. The summed E-state index contributed by atoms with van der Waals surface area (Å²) in [4.78, 5) is 12.2. The summed E-state index contributed by atoms with van der Waals surface area (Å²) in [6.07, 6.45) is 8.35. The average molecular weight is 268 g/mol. The predicted octanol–water partition coefficient (Wildman–Crippen LogP) is 3.29. The third kappa shape index (κ3) is 3.48. The van der Waals surface area contributed by atoms with Gasteiger partial charge in [-0.3, -0.25) is 4.79 Å². The van der Waals surface area contributed by atoms with Gasteiger partial charge in [0.05, 0.1) is 6.07 Å². The second-order valence-electron chi connectivity index (χ2n) is 5.28. The summed E-state index contributed by atoms with van der Waals surface area (Å²) in [7, 11) is 0. The first kappa shape index (κ1) is 14.3. The number of carbonyl (C=O) groups is 1. The third-order valence-electron chi connectivity index (χ3n) is 3.85. The van der Waals surface area contributed by atoms with E-state index < -0.39 is 5.41 Å². The normalized spacial score (nSPS) is 17.6. The number of nitriles is 1. The number of nitrogens with one attached hydrogen (secondary N) is 1. The van der Waals surface area contributed by atoms with Gasteiger partial charge in [0.25, 0.3) is 0 Å². The molecule has 104 valence electrons. The van der Waals surface area contributed by atoms with Crippen molar-refractivity contribution in [1.82, 2.24) is 5.32 Å². The van der Waals surface area contributed by atoms with E-state index in [4.69, 9.17) is 0 Å². The van der Waals surface area contributed by atoms with Gasteiger partial charge in [0.2, 0.25) is 5.91 Å². The summed E-state index contributed by atoms with van der Waals surface area (Å²) in [5, 5.41) is 12.2. The van der Waals surface area contributed by atoms with Gasteiger partial charge < -0.3 is 5.32 Å². The van der Waals surface area contributed by atoms with E-state index in [1.807, 2.05) is 42.5 Å². The van der Waals surface area contributed by atoms with E-state index >= 15 is 0 Å². The molecule has 1 aromatic carbocycles. The van der Waals surface area contributed by atoms with E-state index in [1.165, 1.54) is 0 Å². The van der Waals surface area contributed by atoms with Crippen molar-refractivity contribution in [3.05, 3.63) is 42.0 Å². The number of amides is 1. The van der Waals surface area contributed by atoms with E-state index in [9.17, 15) is 10.1 Å². The summed E-state index contributed by atoms with van der Waals surface area (Å²) < 4.78 is 0. The largest absolute Gasteiger partial charge is 0.351 e. The Labute approximate surface area is 120 Å². The number of nitrogens with zero attached hydrogens (tertiary/aromatic N) is 1. The first-order valence-corrected chi connectivity index (χ1v) is 7.18. The van der Waals surface area contributed by atoms with Crippen molar-refractivity contribution in [1.29, 1.82) is 5.26 Å². The topological polar surface area (TPSA) is 52.9 Å². The minimum Gasteiger partial charge on any atom is -0.351 e. The van der Waals surface area contributed by atoms with Crippen molar-refractivity contribution >= 4 is 12.0 Å². The Bertz CT molecular complexity index is 508. The van der Waals surface area contributed by atoms with E-state index in [0.29, 0.717) is 19.4 Å². The van der Waals surface area contributed by atoms with Crippen molar-refractivity contribution in [3.8, 4) is 6.07 Å². The number of benzene rings is 1. The second-order valence-corrected chi connectivity index (χ2v) is 5.28. The molecule has 1 aromatic rings. The molecule has 3 nitrogen and oxygen atoms in total. The molecule has 20 heavy (non-hydrogen) atoms. The van der Waals surface area contributed by atoms with Crippen LogP contribution in [0.25, 0.3) is 6.08 Å². The maximum atomic E-state index is 12.2. The van der Waals surface area contributed by atoms with Crippen molar-refractivity contribution in [2.75, 3.05) is 6.54 Å². The Morgan fingerprint density at radius 2 is 1.95 bits per heavy atom. The van der Waals surface area contributed by atoms with Gasteiger partial charge in [-0.1, -0.05) is 61.7 Å². The van der Waals surface area contributed by atoms with Crippen molar-refractivity contribution < 1.29 is 4.79 Å². The van der Waals surface area contributed by atoms with Crippen LogP contribution in [0.4, 0.5) is 0 Å². The van der Waals surface area contributed by atoms with E-state index in [-0.39, 0.29) is 5.91 Å². The average Bonchev–Trinajstić information content (AvgIpc) is 2.53. The molecule has 2 rings (SSSR count). The van der Waals surface area contributed by atoms with Gasteiger partial charge in [-0.05, 0) is 18.4 Å². The van der Waals surface area contributed by atoms with Crippen LogP contribution in [0.3, 0.4) is 0 Å². The first-order valence-electron chi connectivity index (χ1n) is 7.18. The number of hydrogen-bond donors (Lipinski definition) is 1. The second kappa shape index (κ2) is 6.91. The fourth-order valence-corrected chi connectivity index (χ4v) is 2.62. The Balaban J connectivity index is 1.86. The highest BCUT2D eigenvalue weighted by Crippen LogP contribution is 2.35. The van der Waals surface area contributed by atoms with Crippen LogP contribution in [0, 0.1) is 16.7 Å². The molecule has 1 amide bonds. The number of rotatable bonds is 4. The highest BCUT2D eigenvalue weighted by atomic mass is 16.2. The minimum atomic E-state index is -0.793. The molecular formula is C17H20N2O. The van der Waals surface area contributed by atoms with Gasteiger partial charge in [0, 0.05) is 6.54 Å². The van der Waals surface area contributed by atoms with E-state index in [2.05, 4.69) is 11.4 Å². The fraction of sp³-hybridized carbons (Fsp3) is 0.412. The lowest BCUT2D eigenvalue weighted by molar-refractivity contribution is -0.129. The molecule has 0 aliphatic heterocycles. The summed E-state index contributed by atoms with van der Waals surface area (Å²) in [5.41, 5.74) is 0.313. The lowest BCUT2D eigenvalue weighted by atomic mass is 9.74. The molecular weight excluding hydrogens is 248 g/mol. The Kier molecular flexibility index (Phi) is 4.95. The molecule has 1 fully saturated rings. The SMILES string of the molecule is N#CC1(C(=O)NC/C=C/c2ccccc2)CCCCC1. The lowest BCUT2D eigenvalue weighted by Gasteiger charge is -2.28. The maximum Gasteiger partial charge on any atom is 0.240 e. The van der Waals surface area contributed by atoms with Crippen molar-refractivity contribution in [2.45, 2.75) is 32.1 Å². The quantitative estimate of drug-likeness (QED) is 0.911. The summed E-state index contributed by atoms with van der Waals surface area (Å²) in [6.45, 7) is 0.469. The first-order chi connectivity index (χ1) is 9.77. The predicted molar refractivity (Wildman–Crippen MR) is 79.6 cm³/mol. The monoisotopic (exact) mass is 268 g/mol. The molecule has 1 saturated carbocycles. The molecule has 3 heteroatoms. The van der Waals surface area contributed by atoms with Gasteiger partial charge in [0.15, 0.2) is 0 Å². The van der Waals surface area contributed by atoms with E-state index in [1.54, 1.807) is 0 Å². The van der Waals surface area contributed by atoms with Gasteiger partial charge in [-0.15, -0.1) is 0 Å². The molecule has 0 unspecified atom stereocenters. The molecule has 0 atom stereocenters. The van der Waals surface area contributed by atoms with Gasteiger partial charge in [-0.2, -0.15) is 5.26 Å². The van der Waals surface area contributed by atoms with Gasteiger partial charge >= 0.3 is 0 Å². The molecule has 0 bridgehead atoms. The molecule has 0 aromatic heterocycles. The van der Waals surface area contributed by atoms with Crippen LogP contribution in [0.15, 0.2) is 36.4 Å². The fourth-order valence-electron chi connectivity index (χ4n) is 2.62. The van der Waals surface area contributed by atoms with Gasteiger partial charge in [-0.25, -0.2) is 0 Å². The maximum absolute atomic E-state index is 12.2. The van der Waals surface area contributed by atoms with Crippen LogP contribution in [0.2, 0.25) is 0 Å². The summed E-state index contributed by atoms with van der Waals surface area (Å²) >= 11 is 0. The minimum absolute atomic E-state index is 0.114. The highest BCUT2D eigenvalue weighted by molar-refractivity contribution is 5.85. The smallest absolute Gasteiger partial charge is 0.240 e. The van der Waals surface area contributed by atoms with Crippen molar-refractivity contribution in [2.24, 2.45) is 5.41 Å². The summed E-state index contributed by atoms with van der Waals surface area (Å²) in [6, 6.07) is 12.2. The zero-order valence-corrected chi connectivity index (χ0v) is 11.6. The Morgan fingerprint density at radius 3 is 2.60 bits per heavy atom. The zero-order chi connectivity index (χ0) is 14.3. The number of hydrogen-bond acceptors (Lipinski definition) is 2. The van der Waals surface area contributed by atoms with E-state index in [0.717, 1.165) is 24.8 Å². The van der Waals surface area contributed by atoms with Crippen LogP contribution < -0.4 is 5.32 Å². The molecule has 0 radical (unpaired) electrons. The molecule has 1 aliphatic rings. The van der Waals surface area contributed by atoms with Crippen LogP contribution in [0.5, 0.6) is 0 Å². The van der Waals surface area contributed by atoms with Gasteiger partial charge in [0.1, 0.15) is 5.41 Å². The lowest BCUT2D eigenvalue weighted by Crippen LogP contribution is -2.41. The Morgan fingerprint density at radius 1 is 1.25 bits per heavy atom. The molecule has 1 aliphatic carbocycles. The number of carbonyl (C=O) groups excluding carboxylic acids is 1. The standard InChI is InChI=1S/C17H20N2O/c18-14-17(11-5-2-6-12-17)16(20)19-13-7-10-15-8-3-1-4-9-15/h1,3-4,7-10H,2,5-6,11-13H2,(H,19,20)/b10-7+. The van der Waals surface area contributed by atoms with Crippen LogP contribution >= 0.6 is 0 Å². The molecule has 0 saturated heterocycles. The third-order valence-corrected chi connectivity index (χ3v) is 3.85. The van der Waals surface area contributed by atoms with Crippen LogP contribution in [-0.2, 0) is 4.79 Å². The molecule has 1 N–H and O–H groups in total.